The van der Waals surface area contributed by atoms with E-state index < -0.39 is 0 Å². The second kappa shape index (κ2) is 5.74. The largest absolute Gasteiger partial charge is 0.365 e. The predicted molar refractivity (Wildman–Crippen MR) is 104 cm³/mol. The van der Waals surface area contributed by atoms with Crippen molar-refractivity contribution < 1.29 is 4.57 Å². The maximum absolute atomic E-state index is 6.03. The normalized spacial score (nSPS) is 16.0. The number of rotatable bonds is 2. The number of aromatic amines is 1. The predicted octanol–water partition coefficient (Wildman–Crippen LogP) is 3.41. The number of guanidine groups is 1. The molecule has 1 aliphatic rings. The number of aromatic nitrogens is 2. The van der Waals surface area contributed by atoms with Crippen LogP contribution >= 0.6 is 0 Å². The minimum atomic E-state index is -0.202. The molecule has 0 radical (unpaired) electrons. The van der Waals surface area contributed by atoms with Crippen molar-refractivity contribution in [1.82, 2.24) is 4.98 Å². The molecule has 5 nitrogen and oxygen atoms in total. The molecule has 1 atom stereocenters. The summed E-state index contributed by atoms with van der Waals surface area (Å²) < 4.78 is 2.14. The summed E-state index contributed by atoms with van der Waals surface area (Å²) in [5, 5.41) is 3.12. The molecule has 0 saturated carbocycles. The van der Waals surface area contributed by atoms with Gasteiger partial charge in [-0.3, -0.25) is 0 Å². The number of imidazole rings is 1. The smallest absolute Gasteiger partial charge is 0.357 e. The molecular weight excluding hydrogens is 322 g/mol. The van der Waals surface area contributed by atoms with Gasteiger partial charge in [-0.1, -0.05) is 66.7 Å². The maximum atomic E-state index is 6.03. The summed E-state index contributed by atoms with van der Waals surface area (Å²) in [6.07, 6.45) is -0.202. The fraction of sp³-hybridized carbons (Fsp3) is 0.0476. The molecule has 4 N–H and O–H groups in total. The van der Waals surface area contributed by atoms with Gasteiger partial charge in [0.05, 0.1) is 0 Å². The van der Waals surface area contributed by atoms with Crippen LogP contribution in [0, 0.1) is 0 Å². The van der Waals surface area contributed by atoms with Gasteiger partial charge < -0.3 is 5.73 Å². The third-order valence-electron chi connectivity index (χ3n) is 4.73. The number of anilines is 1. The van der Waals surface area contributed by atoms with Crippen LogP contribution in [0.5, 0.6) is 0 Å². The van der Waals surface area contributed by atoms with Crippen molar-refractivity contribution in [2.45, 2.75) is 6.17 Å². The molecule has 0 spiro atoms. The molecule has 3 aromatic carbocycles. The van der Waals surface area contributed by atoms with Gasteiger partial charge in [0.25, 0.3) is 5.96 Å². The van der Waals surface area contributed by atoms with E-state index in [1.807, 2.05) is 24.3 Å². The second-order valence-electron chi connectivity index (χ2n) is 6.36. The Morgan fingerprint density at radius 3 is 2.31 bits per heavy atom. The first kappa shape index (κ1) is 14.7. The van der Waals surface area contributed by atoms with Gasteiger partial charge in [0, 0.05) is 5.56 Å². The van der Waals surface area contributed by atoms with Gasteiger partial charge in [0.15, 0.2) is 0 Å². The molecule has 2 heterocycles. The number of hydrogen-bond acceptors (Lipinski definition) is 3. The molecule has 0 aliphatic carbocycles. The lowest BCUT2D eigenvalue weighted by Crippen LogP contribution is -2.48. The van der Waals surface area contributed by atoms with Crippen molar-refractivity contribution in [2.75, 3.05) is 5.32 Å². The monoisotopic (exact) mass is 340 g/mol. The van der Waals surface area contributed by atoms with Crippen LogP contribution in [0.1, 0.15) is 11.7 Å². The number of nitrogens with two attached hydrogens (primary N) is 1. The summed E-state index contributed by atoms with van der Waals surface area (Å²) in [7, 11) is 0. The van der Waals surface area contributed by atoms with Crippen molar-refractivity contribution in [2.24, 2.45) is 10.7 Å². The highest BCUT2D eigenvalue weighted by molar-refractivity contribution is 5.92. The number of nitrogens with zero attached hydrogens (tertiary/aromatic N) is 2. The van der Waals surface area contributed by atoms with Gasteiger partial charge in [-0.25, -0.2) is 14.9 Å². The highest BCUT2D eigenvalue weighted by atomic mass is 15.4. The van der Waals surface area contributed by atoms with Crippen molar-refractivity contribution >= 4 is 22.9 Å². The molecule has 126 valence electrons. The lowest BCUT2D eigenvalue weighted by Gasteiger charge is -2.18. The zero-order valence-corrected chi connectivity index (χ0v) is 14.1. The van der Waals surface area contributed by atoms with Crippen LogP contribution in [0.25, 0.3) is 22.2 Å². The Morgan fingerprint density at radius 1 is 0.808 bits per heavy atom. The second-order valence-corrected chi connectivity index (χ2v) is 6.36. The van der Waals surface area contributed by atoms with E-state index in [1.54, 1.807) is 0 Å². The highest BCUT2D eigenvalue weighted by Gasteiger charge is 2.30. The number of para-hydroxylation sites is 2. The minimum absolute atomic E-state index is 0.202. The van der Waals surface area contributed by atoms with E-state index >= 15 is 0 Å². The standard InChI is InChI=1S/C21H17N5/c22-20-24-19(26-18-9-5-4-8-17(18)23-21(26)25-20)16-12-10-15(11-13-16)14-6-2-1-3-7-14/h1-13,19H,(H3,22,23,24,25)/p+1/t19-/m1/s1. The third kappa shape index (κ3) is 2.33. The Kier molecular flexibility index (Phi) is 3.25. The van der Waals surface area contributed by atoms with Crippen molar-refractivity contribution in [3.05, 3.63) is 84.4 Å². The van der Waals surface area contributed by atoms with Crippen LogP contribution in [-0.4, -0.2) is 10.9 Å². The fourth-order valence-electron chi connectivity index (χ4n) is 3.49. The van der Waals surface area contributed by atoms with Crippen LogP contribution in [0.4, 0.5) is 5.95 Å². The van der Waals surface area contributed by atoms with E-state index in [0.717, 1.165) is 22.5 Å². The summed E-state index contributed by atoms with van der Waals surface area (Å²) in [4.78, 5) is 8.02. The Labute approximate surface area is 150 Å². The first-order valence-electron chi connectivity index (χ1n) is 8.57. The molecule has 4 aromatic rings. The van der Waals surface area contributed by atoms with Crippen LogP contribution in [0.2, 0.25) is 0 Å². The molecule has 0 fully saturated rings. The summed E-state index contributed by atoms with van der Waals surface area (Å²) >= 11 is 0. The zero-order valence-electron chi connectivity index (χ0n) is 14.1. The molecule has 1 aromatic heterocycles. The average Bonchev–Trinajstić information content (AvgIpc) is 3.06. The molecule has 1 aliphatic heterocycles. The van der Waals surface area contributed by atoms with Crippen molar-refractivity contribution in [3.8, 4) is 11.1 Å². The summed E-state index contributed by atoms with van der Waals surface area (Å²) in [5.41, 5.74) is 11.6. The number of nitrogens with one attached hydrogen (secondary N) is 2. The van der Waals surface area contributed by atoms with E-state index in [4.69, 9.17) is 5.73 Å². The number of benzene rings is 3. The van der Waals surface area contributed by atoms with Gasteiger partial charge in [-0.2, -0.15) is 4.99 Å². The molecule has 0 unspecified atom stereocenters. The van der Waals surface area contributed by atoms with Gasteiger partial charge in [0.1, 0.15) is 11.0 Å². The lowest BCUT2D eigenvalue weighted by molar-refractivity contribution is -0.674. The van der Waals surface area contributed by atoms with Crippen molar-refractivity contribution in [3.63, 3.8) is 0 Å². The molecule has 0 amide bonds. The Hall–Kier alpha value is -3.60. The molecule has 5 heteroatoms. The van der Waals surface area contributed by atoms with E-state index in [1.165, 1.54) is 11.1 Å². The van der Waals surface area contributed by atoms with Crippen LogP contribution in [0.15, 0.2) is 83.9 Å². The molecule has 5 rings (SSSR count). The SMILES string of the molecule is NC1=N[C@@H](c2ccc(-c3ccccc3)cc2)[n+]2c([nH]c3ccccc32)N1. The first-order valence-corrected chi connectivity index (χ1v) is 8.57. The molecular formula is C21H18N5+. The quantitative estimate of drug-likeness (QED) is 0.489. The topological polar surface area (TPSA) is 70.1 Å². The van der Waals surface area contributed by atoms with E-state index in [0.29, 0.717) is 5.96 Å². The van der Waals surface area contributed by atoms with Crippen LogP contribution < -0.4 is 15.6 Å². The number of hydrogen-bond donors (Lipinski definition) is 3. The first-order chi connectivity index (χ1) is 12.8. The van der Waals surface area contributed by atoms with E-state index in [-0.39, 0.29) is 6.17 Å². The summed E-state index contributed by atoms with van der Waals surface area (Å²) in [6.45, 7) is 0. The third-order valence-corrected chi connectivity index (χ3v) is 4.73. The number of fused-ring (bicyclic) bond motifs is 3. The lowest BCUT2D eigenvalue weighted by atomic mass is 10.0. The average molecular weight is 340 g/mol. The van der Waals surface area contributed by atoms with Crippen LogP contribution in [0.3, 0.4) is 0 Å². The molecule has 26 heavy (non-hydrogen) atoms. The highest BCUT2D eigenvalue weighted by Crippen LogP contribution is 2.26. The van der Waals surface area contributed by atoms with Gasteiger partial charge in [-0.05, 0) is 23.3 Å². The number of aliphatic imine (C=N–C) groups is 1. The number of H-pyrrole nitrogens is 1. The van der Waals surface area contributed by atoms with Crippen LogP contribution in [-0.2, 0) is 0 Å². The Bertz CT molecular complexity index is 1110. The Balaban J connectivity index is 1.61. The zero-order chi connectivity index (χ0) is 17.5. The van der Waals surface area contributed by atoms with Gasteiger partial charge in [0.2, 0.25) is 6.17 Å². The minimum Gasteiger partial charge on any atom is -0.357 e. The maximum Gasteiger partial charge on any atom is 0.365 e. The molecule has 0 bridgehead atoms. The van der Waals surface area contributed by atoms with E-state index in [2.05, 4.69) is 74.5 Å². The summed E-state index contributed by atoms with van der Waals surface area (Å²) in [5.74, 6) is 1.25. The van der Waals surface area contributed by atoms with Gasteiger partial charge >= 0.3 is 5.95 Å². The Morgan fingerprint density at radius 2 is 1.50 bits per heavy atom. The van der Waals surface area contributed by atoms with Crippen molar-refractivity contribution in [1.29, 1.82) is 0 Å². The summed E-state index contributed by atoms with van der Waals surface area (Å²) in [6, 6.07) is 27.0. The fourth-order valence-corrected chi connectivity index (χ4v) is 3.49. The van der Waals surface area contributed by atoms with E-state index in [9.17, 15) is 0 Å². The van der Waals surface area contributed by atoms with Gasteiger partial charge in [-0.15, -0.1) is 0 Å². The molecule has 0 saturated heterocycles.